The highest BCUT2D eigenvalue weighted by Gasteiger charge is 2.20. The number of benzene rings is 1. The molecule has 3 N–H and O–H groups in total. The van der Waals surface area contributed by atoms with Crippen LogP contribution >= 0.6 is 0 Å². The Kier molecular flexibility index (Phi) is 5.13. The highest BCUT2D eigenvalue weighted by atomic mass is 16.5. The van der Waals surface area contributed by atoms with Gasteiger partial charge in [-0.05, 0) is 49.2 Å². The van der Waals surface area contributed by atoms with Crippen LogP contribution in [0, 0.1) is 0 Å². The number of hydrogen-bond donors (Lipinski definition) is 2. The maximum absolute atomic E-state index is 12.6. The maximum atomic E-state index is 12.6. The molecular weight excluding hydrogens is 320 g/mol. The molecule has 0 bridgehead atoms. The third kappa shape index (κ3) is 4.26. The van der Waals surface area contributed by atoms with Gasteiger partial charge in [0.25, 0.3) is 11.8 Å². The number of rotatable bonds is 6. The predicted octanol–water partition coefficient (Wildman–Crippen LogP) is 1.80. The lowest BCUT2D eigenvalue weighted by molar-refractivity contribution is -0.119. The minimum Gasteiger partial charge on any atom is -0.484 e. The monoisotopic (exact) mass is 340 g/mol. The summed E-state index contributed by atoms with van der Waals surface area (Å²) in [5.74, 6) is 0.485. The van der Waals surface area contributed by atoms with Crippen molar-refractivity contribution >= 4 is 23.3 Å². The van der Waals surface area contributed by atoms with Crippen molar-refractivity contribution in [1.82, 2.24) is 4.98 Å². The number of nitrogens with one attached hydrogen (secondary N) is 1. The topological polar surface area (TPSA) is 97.6 Å². The van der Waals surface area contributed by atoms with E-state index in [0.717, 1.165) is 31.7 Å². The largest absolute Gasteiger partial charge is 0.484 e. The standard InChI is InChI=1S/C18H20N4O3/c19-16(23)12-25-14-7-5-13(6-8-14)21-18(24)15-4-3-9-20-17(15)22-10-1-2-11-22/h3-9H,1-2,10-12H2,(H2,19,23)(H,21,24). The maximum Gasteiger partial charge on any atom is 0.259 e. The summed E-state index contributed by atoms with van der Waals surface area (Å²) in [6.07, 6.45) is 3.93. The molecule has 25 heavy (non-hydrogen) atoms. The van der Waals surface area contributed by atoms with E-state index in [2.05, 4.69) is 15.2 Å². The van der Waals surface area contributed by atoms with Gasteiger partial charge >= 0.3 is 0 Å². The van der Waals surface area contributed by atoms with E-state index in [4.69, 9.17) is 10.5 Å². The number of anilines is 2. The lowest BCUT2D eigenvalue weighted by Crippen LogP contribution is -2.24. The van der Waals surface area contributed by atoms with Crippen molar-refractivity contribution in [3.8, 4) is 5.75 Å². The third-order valence-corrected chi connectivity index (χ3v) is 3.93. The molecule has 2 amide bonds. The van der Waals surface area contributed by atoms with Crippen molar-refractivity contribution in [3.05, 3.63) is 48.2 Å². The van der Waals surface area contributed by atoms with E-state index in [-0.39, 0.29) is 12.5 Å². The van der Waals surface area contributed by atoms with Crippen LogP contribution in [0.3, 0.4) is 0 Å². The van der Waals surface area contributed by atoms with Crippen LogP contribution in [0.1, 0.15) is 23.2 Å². The number of amides is 2. The molecule has 2 aromatic rings. The Morgan fingerprint density at radius 3 is 2.56 bits per heavy atom. The minimum absolute atomic E-state index is 0.180. The van der Waals surface area contributed by atoms with E-state index in [1.165, 1.54) is 0 Å². The fourth-order valence-electron chi connectivity index (χ4n) is 2.74. The van der Waals surface area contributed by atoms with E-state index in [9.17, 15) is 9.59 Å². The number of aromatic nitrogens is 1. The zero-order chi connectivity index (χ0) is 17.6. The quantitative estimate of drug-likeness (QED) is 0.835. The molecule has 0 aliphatic carbocycles. The Morgan fingerprint density at radius 1 is 1.16 bits per heavy atom. The zero-order valence-corrected chi connectivity index (χ0v) is 13.8. The van der Waals surface area contributed by atoms with E-state index < -0.39 is 5.91 Å². The van der Waals surface area contributed by atoms with E-state index in [1.807, 2.05) is 0 Å². The SMILES string of the molecule is NC(=O)COc1ccc(NC(=O)c2cccnc2N2CCCC2)cc1. The summed E-state index contributed by atoms with van der Waals surface area (Å²) in [5, 5.41) is 2.86. The van der Waals surface area contributed by atoms with Gasteiger partial charge in [-0.1, -0.05) is 0 Å². The molecule has 2 heterocycles. The number of ether oxygens (including phenoxy) is 1. The number of primary amides is 1. The van der Waals surface area contributed by atoms with Crippen LogP contribution in [0.4, 0.5) is 11.5 Å². The average Bonchev–Trinajstić information content (AvgIpc) is 3.15. The molecule has 1 saturated heterocycles. The molecule has 0 unspecified atom stereocenters. The van der Waals surface area contributed by atoms with Crippen molar-refractivity contribution in [2.75, 3.05) is 29.9 Å². The molecule has 7 heteroatoms. The van der Waals surface area contributed by atoms with Gasteiger partial charge in [-0.15, -0.1) is 0 Å². The molecule has 1 aliphatic heterocycles. The fraction of sp³-hybridized carbons (Fsp3) is 0.278. The molecule has 1 aliphatic rings. The van der Waals surface area contributed by atoms with Crippen molar-refractivity contribution in [1.29, 1.82) is 0 Å². The van der Waals surface area contributed by atoms with Gasteiger partial charge < -0.3 is 20.7 Å². The van der Waals surface area contributed by atoms with Gasteiger partial charge in [-0.2, -0.15) is 0 Å². The molecule has 130 valence electrons. The first-order valence-corrected chi connectivity index (χ1v) is 8.16. The Labute approximate surface area is 145 Å². The van der Waals surface area contributed by atoms with Gasteiger partial charge in [0.05, 0.1) is 5.56 Å². The number of nitrogens with zero attached hydrogens (tertiary/aromatic N) is 2. The lowest BCUT2D eigenvalue weighted by atomic mass is 10.2. The Balaban J connectivity index is 1.69. The van der Waals surface area contributed by atoms with Crippen LogP contribution in [-0.4, -0.2) is 36.5 Å². The Hall–Kier alpha value is -3.09. The average molecular weight is 340 g/mol. The summed E-state index contributed by atoms with van der Waals surface area (Å²) >= 11 is 0. The number of carbonyl (C=O) groups is 2. The zero-order valence-electron chi connectivity index (χ0n) is 13.8. The molecule has 0 atom stereocenters. The van der Waals surface area contributed by atoms with Gasteiger partial charge in [0, 0.05) is 25.0 Å². The molecular formula is C18H20N4O3. The number of hydrogen-bond acceptors (Lipinski definition) is 5. The van der Waals surface area contributed by atoms with E-state index >= 15 is 0 Å². The summed E-state index contributed by atoms with van der Waals surface area (Å²) in [7, 11) is 0. The Morgan fingerprint density at radius 2 is 1.88 bits per heavy atom. The highest BCUT2D eigenvalue weighted by Crippen LogP contribution is 2.23. The van der Waals surface area contributed by atoms with Gasteiger partial charge in [-0.25, -0.2) is 4.98 Å². The van der Waals surface area contributed by atoms with Crippen LogP contribution in [-0.2, 0) is 4.79 Å². The summed E-state index contributed by atoms with van der Waals surface area (Å²) in [4.78, 5) is 29.8. The van der Waals surface area contributed by atoms with Crippen LogP contribution < -0.4 is 20.7 Å². The second-order valence-corrected chi connectivity index (χ2v) is 5.80. The van der Waals surface area contributed by atoms with Gasteiger partial charge in [0.15, 0.2) is 6.61 Å². The first-order chi connectivity index (χ1) is 12.1. The molecule has 1 aromatic carbocycles. The van der Waals surface area contributed by atoms with Gasteiger partial charge in [0.2, 0.25) is 0 Å². The highest BCUT2D eigenvalue weighted by molar-refractivity contribution is 6.07. The molecule has 1 fully saturated rings. The first kappa shape index (κ1) is 16.8. The summed E-state index contributed by atoms with van der Waals surface area (Å²) < 4.78 is 5.19. The second-order valence-electron chi connectivity index (χ2n) is 5.80. The van der Waals surface area contributed by atoms with Crippen LogP contribution in [0.25, 0.3) is 0 Å². The van der Waals surface area contributed by atoms with E-state index in [1.54, 1.807) is 42.6 Å². The summed E-state index contributed by atoms with van der Waals surface area (Å²) in [6.45, 7) is 1.66. The molecule has 0 spiro atoms. The first-order valence-electron chi connectivity index (χ1n) is 8.16. The number of pyridine rings is 1. The third-order valence-electron chi connectivity index (χ3n) is 3.93. The summed E-state index contributed by atoms with van der Waals surface area (Å²) in [5.41, 5.74) is 6.22. The normalized spacial score (nSPS) is 13.5. The smallest absolute Gasteiger partial charge is 0.259 e. The Bertz CT molecular complexity index is 755. The van der Waals surface area contributed by atoms with Crippen molar-refractivity contribution in [2.24, 2.45) is 5.73 Å². The molecule has 3 rings (SSSR count). The molecule has 7 nitrogen and oxygen atoms in total. The van der Waals surface area contributed by atoms with Gasteiger partial charge in [-0.3, -0.25) is 9.59 Å². The fourth-order valence-corrected chi connectivity index (χ4v) is 2.74. The molecule has 0 radical (unpaired) electrons. The minimum atomic E-state index is -0.539. The number of carbonyl (C=O) groups excluding carboxylic acids is 2. The summed E-state index contributed by atoms with van der Waals surface area (Å²) in [6, 6.07) is 10.3. The van der Waals surface area contributed by atoms with Crippen LogP contribution in [0.2, 0.25) is 0 Å². The van der Waals surface area contributed by atoms with Crippen molar-refractivity contribution < 1.29 is 14.3 Å². The van der Waals surface area contributed by atoms with Crippen molar-refractivity contribution in [3.63, 3.8) is 0 Å². The van der Waals surface area contributed by atoms with Gasteiger partial charge in [0.1, 0.15) is 11.6 Å². The number of nitrogens with two attached hydrogens (primary N) is 1. The van der Waals surface area contributed by atoms with E-state index in [0.29, 0.717) is 17.0 Å². The second kappa shape index (κ2) is 7.65. The predicted molar refractivity (Wildman–Crippen MR) is 94.8 cm³/mol. The lowest BCUT2D eigenvalue weighted by Gasteiger charge is -2.19. The van der Waals surface area contributed by atoms with Crippen LogP contribution in [0.15, 0.2) is 42.6 Å². The molecule has 0 saturated carbocycles. The van der Waals surface area contributed by atoms with Crippen molar-refractivity contribution in [2.45, 2.75) is 12.8 Å². The molecule has 1 aromatic heterocycles. The van der Waals surface area contributed by atoms with Crippen LogP contribution in [0.5, 0.6) is 5.75 Å².